The van der Waals surface area contributed by atoms with Crippen molar-refractivity contribution in [2.45, 2.75) is 26.3 Å². The molecule has 174 valence electrons. The molecular formula is C24H20F3N5O2. The molecule has 4 rings (SSSR count). The van der Waals surface area contributed by atoms with E-state index in [2.05, 4.69) is 25.6 Å². The number of nitrogens with zero attached hydrogens (tertiary/aromatic N) is 2. The van der Waals surface area contributed by atoms with Gasteiger partial charge in [0.1, 0.15) is 28.7 Å². The molecule has 0 aliphatic heterocycles. The fraction of sp³-hybridized carbons (Fsp3) is 0.167. The lowest BCUT2D eigenvalue weighted by molar-refractivity contribution is 0.102. The Morgan fingerprint density at radius 2 is 1.74 bits per heavy atom. The molecule has 7 nitrogen and oxygen atoms in total. The fourth-order valence-electron chi connectivity index (χ4n) is 3.55. The number of halogens is 3. The van der Waals surface area contributed by atoms with Gasteiger partial charge >= 0.3 is 0 Å². The summed E-state index contributed by atoms with van der Waals surface area (Å²) in [5, 5.41) is 5.95. The Kier molecular flexibility index (Phi) is 6.31. The van der Waals surface area contributed by atoms with Gasteiger partial charge < -0.3 is 15.6 Å². The molecule has 10 heteroatoms. The number of para-hydroxylation sites is 1. The number of alkyl halides is 2. The Bertz CT molecular complexity index is 1420. The molecule has 0 bridgehead atoms. The van der Waals surface area contributed by atoms with Gasteiger partial charge in [0.2, 0.25) is 0 Å². The Hall–Kier alpha value is -4.21. The number of aromatic nitrogens is 3. The Morgan fingerprint density at radius 3 is 2.44 bits per heavy atom. The van der Waals surface area contributed by atoms with Crippen LogP contribution in [-0.2, 0) is 0 Å². The second kappa shape index (κ2) is 9.34. The fourth-order valence-corrected chi connectivity index (χ4v) is 3.55. The lowest BCUT2D eigenvalue weighted by atomic mass is 10.0. The number of anilines is 2. The van der Waals surface area contributed by atoms with Crippen LogP contribution in [0.5, 0.6) is 0 Å². The number of nitrogens with one attached hydrogen (secondary N) is 3. The highest BCUT2D eigenvalue weighted by molar-refractivity contribution is 6.06. The number of pyridine rings is 1. The van der Waals surface area contributed by atoms with Gasteiger partial charge in [-0.05, 0) is 32.0 Å². The molecule has 2 aromatic heterocycles. The lowest BCUT2D eigenvalue weighted by Crippen LogP contribution is -2.24. The van der Waals surface area contributed by atoms with Crippen molar-refractivity contribution in [1.29, 1.82) is 0 Å². The van der Waals surface area contributed by atoms with Gasteiger partial charge in [-0.25, -0.2) is 23.1 Å². The molecule has 0 spiro atoms. The van der Waals surface area contributed by atoms with Gasteiger partial charge in [0.15, 0.2) is 0 Å². The second-order valence-electron chi connectivity index (χ2n) is 7.63. The molecule has 0 aliphatic rings. The summed E-state index contributed by atoms with van der Waals surface area (Å²) in [6.07, 6.45) is -2.95. The summed E-state index contributed by atoms with van der Waals surface area (Å²) in [6, 6.07) is 13.0. The molecule has 0 radical (unpaired) electrons. The number of hydrogen-bond donors (Lipinski definition) is 3. The van der Waals surface area contributed by atoms with E-state index < -0.39 is 35.3 Å². The van der Waals surface area contributed by atoms with Crippen molar-refractivity contribution < 1.29 is 18.0 Å². The van der Waals surface area contributed by atoms with Crippen LogP contribution in [0.4, 0.5) is 24.7 Å². The van der Waals surface area contributed by atoms with Crippen molar-refractivity contribution in [2.75, 3.05) is 10.6 Å². The van der Waals surface area contributed by atoms with Crippen LogP contribution in [0.15, 0.2) is 59.4 Å². The third-order valence-corrected chi connectivity index (χ3v) is 5.21. The lowest BCUT2D eigenvalue weighted by Gasteiger charge is -2.18. The summed E-state index contributed by atoms with van der Waals surface area (Å²) < 4.78 is 40.9. The minimum atomic E-state index is -2.95. The number of fused-ring (bicyclic) bond motifs is 1. The van der Waals surface area contributed by atoms with E-state index in [-0.39, 0.29) is 22.6 Å². The molecular weight excluding hydrogens is 447 g/mol. The van der Waals surface area contributed by atoms with E-state index in [0.717, 1.165) is 6.07 Å². The summed E-state index contributed by atoms with van der Waals surface area (Å²) in [4.78, 5) is 36.4. The van der Waals surface area contributed by atoms with Crippen LogP contribution in [0, 0.1) is 12.7 Å². The first-order chi connectivity index (χ1) is 16.2. The van der Waals surface area contributed by atoms with Crippen molar-refractivity contribution in [3.63, 3.8) is 0 Å². The van der Waals surface area contributed by atoms with Gasteiger partial charge in [-0.3, -0.25) is 9.59 Å². The highest BCUT2D eigenvalue weighted by Crippen LogP contribution is 2.30. The highest BCUT2D eigenvalue weighted by Gasteiger charge is 2.21. The van der Waals surface area contributed by atoms with E-state index in [9.17, 15) is 22.8 Å². The molecule has 3 N–H and O–H groups in total. The van der Waals surface area contributed by atoms with Gasteiger partial charge in [0.25, 0.3) is 17.9 Å². The minimum absolute atomic E-state index is 0.0219. The van der Waals surface area contributed by atoms with Crippen LogP contribution >= 0.6 is 0 Å². The summed E-state index contributed by atoms with van der Waals surface area (Å²) in [5.74, 6) is -1.13. The SMILES string of the molecule is Cc1nc(N[C@H](C)c2cccc(C(F)F)c2F)c2cc(C(=O)Nc3ccccc3)c(=O)[nH]c2n1. The average Bonchev–Trinajstić information content (AvgIpc) is 2.79. The van der Waals surface area contributed by atoms with E-state index >= 15 is 0 Å². The molecule has 1 amide bonds. The largest absolute Gasteiger partial charge is 0.363 e. The zero-order valence-electron chi connectivity index (χ0n) is 18.2. The number of amides is 1. The zero-order chi connectivity index (χ0) is 24.4. The van der Waals surface area contributed by atoms with Crippen molar-refractivity contribution >= 4 is 28.4 Å². The third kappa shape index (κ3) is 4.61. The molecule has 2 heterocycles. The van der Waals surface area contributed by atoms with Gasteiger partial charge in [-0.2, -0.15) is 0 Å². The van der Waals surface area contributed by atoms with Crippen LogP contribution < -0.4 is 16.2 Å². The number of rotatable bonds is 6. The summed E-state index contributed by atoms with van der Waals surface area (Å²) >= 11 is 0. The number of aromatic amines is 1. The van der Waals surface area contributed by atoms with Gasteiger partial charge in [0.05, 0.1) is 17.0 Å². The number of aryl methyl sites for hydroxylation is 1. The molecule has 0 saturated carbocycles. The molecule has 4 aromatic rings. The first-order valence-corrected chi connectivity index (χ1v) is 10.4. The number of benzene rings is 2. The smallest absolute Gasteiger partial charge is 0.266 e. The average molecular weight is 467 g/mol. The third-order valence-electron chi connectivity index (χ3n) is 5.21. The van der Waals surface area contributed by atoms with Crippen LogP contribution in [0.2, 0.25) is 0 Å². The summed E-state index contributed by atoms with van der Waals surface area (Å²) in [6.45, 7) is 3.19. The van der Waals surface area contributed by atoms with Crippen molar-refractivity contribution in [2.24, 2.45) is 0 Å². The van der Waals surface area contributed by atoms with Gasteiger partial charge in [-0.15, -0.1) is 0 Å². The summed E-state index contributed by atoms with van der Waals surface area (Å²) in [7, 11) is 0. The highest BCUT2D eigenvalue weighted by atomic mass is 19.3. The van der Waals surface area contributed by atoms with Crippen molar-refractivity contribution in [3.05, 3.63) is 93.3 Å². The Balaban J connectivity index is 1.73. The van der Waals surface area contributed by atoms with Crippen molar-refractivity contribution in [1.82, 2.24) is 15.0 Å². The van der Waals surface area contributed by atoms with Crippen LogP contribution in [0.25, 0.3) is 11.0 Å². The predicted octanol–water partition coefficient (Wildman–Crippen LogP) is 5.13. The molecule has 34 heavy (non-hydrogen) atoms. The molecule has 0 fully saturated rings. The molecule has 0 saturated heterocycles. The molecule has 1 atom stereocenters. The molecule has 2 aromatic carbocycles. The Labute approximate surface area is 192 Å². The predicted molar refractivity (Wildman–Crippen MR) is 123 cm³/mol. The topological polar surface area (TPSA) is 99.8 Å². The quantitative estimate of drug-likeness (QED) is 0.365. The first-order valence-electron chi connectivity index (χ1n) is 10.4. The number of carbonyl (C=O) groups excluding carboxylic acids is 1. The van der Waals surface area contributed by atoms with E-state index in [4.69, 9.17) is 0 Å². The van der Waals surface area contributed by atoms with E-state index in [1.807, 2.05) is 0 Å². The maximum Gasteiger partial charge on any atom is 0.266 e. The van der Waals surface area contributed by atoms with E-state index in [0.29, 0.717) is 16.9 Å². The second-order valence-corrected chi connectivity index (χ2v) is 7.63. The normalized spacial score (nSPS) is 12.1. The number of H-pyrrole nitrogens is 1. The minimum Gasteiger partial charge on any atom is -0.363 e. The zero-order valence-corrected chi connectivity index (χ0v) is 18.2. The van der Waals surface area contributed by atoms with Crippen molar-refractivity contribution in [3.8, 4) is 0 Å². The number of hydrogen-bond acceptors (Lipinski definition) is 5. The maximum absolute atomic E-state index is 14.6. The summed E-state index contributed by atoms with van der Waals surface area (Å²) in [5.41, 5.74) is -0.814. The van der Waals surface area contributed by atoms with Crippen LogP contribution in [0.1, 0.15) is 46.7 Å². The Morgan fingerprint density at radius 1 is 1.03 bits per heavy atom. The van der Waals surface area contributed by atoms with Gasteiger partial charge in [0, 0.05) is 11.3 Å². The molecule has 0 aliphatic carbocycles. The standard InChI is InChI=1S/C24H20F3N5O2/c1-12(15-9-6-10-16(19(15)25)20(26)27)28-21-17-11-18(23(33)31-14-7-4-3-5-8-14)24(34)32-22(17)30-13(2)29-21/h3-12,20H,1-2H3,(H,31,33)(H2,28,29,30,32,34)/t12-/m1/s1. The number of carbonyl (C=O) groups is 1. The van der Waals surface area contributed by atoms with Gasteiger partial charge in [-0.1, -0.05) is 36.4 Å². The van der Waals surface area contributed by atoms with Crippen LogP contribution in [-0.4, -0.2) is 20.9 Å². The van der Waals surface area contributed by atoms with E-state index in [1.165, 1.54) is 18.2 Å². The first kappa shape index (κ1) is 23.0. The van der Waals surface area contributed by atoms with Crippen LogP contribution in [0.3, 0.4) is 0 Å². The van der Waals surface area contributed by atoms with E-state index in [1.54, 1.807) is 44.2 Å². The monoisotopic (exact) mass is 467 g/mol. The molecule has 0 unspecified atom stereocenters. The maximum atomic E-state index is 14.6.